The molecule has 0 radical (unpaired) electrons. The molecule has 1 aliphatic rings. The monoisotopic (exact) mass is 390 g/mol. The molecule has 2 aromatic carbocycles. The molecule has 0 unspecified atom stereocenters. The third kappa shape index (κ3) is 5.10. The number of anilines is 2. The van der Waals surface area contributed by atoms with E-state index in [1.54, 1.807) is 41.3 Å². The van der Waals surface area contributed by atoms with Crippen LogP contribution in [0.5, 0.6) is 0 Å². The molecule has 2 aromatic rings. The van der Waals surface area contributed by atoms with Gasteiger partial charge in [-0.3, -0.25) is 4.79 Å². The van der Waals surface area contributed by atoms with Crippen LogP contribution >= 0.6 is 11.6 Å². The van der Waals surface area contributed by atoms with Gasteiger partial charge in [0.05, 0.1) is 17.3 Å². The van der Waals surface area contributed by atoms with Crippen LogP contribution in [-0.2, 0) is 4.79 Å². The Morgan fingerprint density at radius 3 is 2.33 bits per heavy atom. The minimum Gasteiger partial charge on any atom is -0.368 e. The van der Waals surface area contributed by atoms with E-state index in [0.29, 0.717) is 36.9 Å². The molecule has 0 spiro atoms. The van der Waals surface area contributed by atoms with Gasteiger partial charge in [-0.05, 0) is 36.4 Å². The summed E-state index contributed by atoms with van der Waals surface area (Å²) in [5, 5.41) is 5.72. The number of hydrogen-bond donors (Lipinski definition) is 2. The fourth-order valence-electron chi connectivity index (χ4n) is 2.84. The van der Waals surface area contributed by atoms with E-state index in [-0.39, 0.29) is 24.3 Å². The van der Waals surface area contributed by atoms with E-state index in [1.165, 1.54) is 12.1 Å². The number of para-hydroxylation sites is 1. The zero-order valence-electron chi connectivity index (χ0n) is 14.6. The van der Waals surface area contributed by atoms with Gasteiger partial charge >= 0.3 is 6.03 Å². The summed E-state index contributed by atoms with van der Waals surface area (Å²) in [4.78, 5) is 28.0. The average molecular weight is 391 g/mol. The molecular formula is C19H20ClFN4O2. The van der Waals surface area contributed by atoms with Gasteiger partial charge in [-0.2, -0.15) is 0 Å². The van der Waals surface area contributed by atoms with Crippen molar-refractivity contribution in [3.05, 3.63) is 59.4 Å². The number of halogens is 2. The Labute approximate surface area is 161 Å². The highest BCUT2D eigenvalue weighted by molar-refractivity contribution is 6.33. The van der Waals surface area contributed by atoms with Crippen molar-refractivity contribution >= 4 is 34.9 Å². The number of carbonyl (C=O) groups is 2. The van der Waals surface area contributed by atoms with E-state index in [4.69, 9.17) is 11.6 Å². The number of carbonyl (C=O) groups excluding carboxylic acids is 2. The average Bonchev–Trinajstić information content (AvgIpc) is 2.69. The smallest absolute Gasteiger partial charge is 0.317 e. The second-order valence-electron chi connectivity index (χ2n) is 6.14. The van der Waals surface area contributed by atoms with Crippen LogP contribution in [0.1, 0.15) is 0 Å². The van der Waals surface area contributed by atoms with Gasteiger partial charge in [0, 0.05) is 31.9 Å². The van der Waals surface area contributed by atoms with Crippen LogP contribution < -0.4 is 15.5 Å². The van der Waals surface area contributed by atoms with Crippen molar-refractivity contribution in [2.75, 3.05) is 42.9 Å². The van der Waals surface area contributed by atoms with Crippen LogP contribution in [0.25, 0.3) is 0 Å². The molecule has 0 bridgehead atoms. The van der Waals surface area contributed by atoms with E-state index in [1.807, 2.05) is 0 Å². The maximum Gasteiger partial charge on any atom is 0.317 e. The van der Waals surface area contributed by atoms with Gasteiger partial charge in [-0.15, -0.1) is 0 Å². The van der Waals surface area contributed by atoms with Crippen molar-refractivity contribution in [3.63, 3.8) is 0 Å². The van der Waals surface area contributed by atoms with Crippen LogP contribution in [0.2, 0.25) is 5.02 Å². The van der Waals surface area contributed by atoms with Crippen molar-refractivity contribution in [1.29, 1.82) is 0 Å². The fraction of sp³-hybridized carbons (Fsp3) is 0.263. The van der Waals surface area contributed by atoms with Gasteiger partial charge in [0.1, 0.15) is 5.82 Å². The molecule has 27 heavy (non-hydrogen) atoms. The fourth-order valence-corrected chi connectivity index (χ4v) is 3.03. The SMILES string of the molecule is O=C(CNC(=O)N1CCN(c2ccc(F)cc2)CC1)Nc1ccccc1Cl. The number of rotatable bonds is 4. The molecule has 8 heteroatoms. The lowest BCUT2D eigenvalue weighted by atomic mass is 10.2. The van der Waals surface area contributed by atoms with Crippen LogP contribution in [0, 0.1) is 5.82 Å². The zero-order chi connectivity index (χ0) is 19.2. The Balaban J connectivity index is 1.43. The number of urea groups is 1. The van der Waals surface area contributed by atoms with Gasteiger partial charge < -0.3 is 20.4 Å². The summed E-state index contributed by atoms with van der Waals surface area (Å²) in [7, 11) is 0. The Morgan fingerprint density at radius 2 is 1.67 bits per heavy atom. The standard InChI is InChI=1S/C19H20ClFN4O2/c20-16-3-1-2-4-17(16)23-18(26)13-22-19(27)25-11-9-24(10-12-25)15-7-5-14(21)6-8-15/h1-8H,9-13H2,(H,22,27)(H,23,26). The Kier molecular flexibility index (Phi) is 6.13. The minimum absolute atomic E-state index is 0.137. The Bertz CT molecular complexity index is 808. The van der Waals surface area contributed by atoms with E-state index < -0.39 is 0 Å². The highest BCUT2D eigenvalue weighted by Crippen LogP contribution is 2.20. The van der Waals surface area contributed by atoms with E-state index in [9.17, 15) is 14.0 Å². The number of hydrogen-bond acceptors (Lipinski definition) is 3. The summed E-state index contributed by atoms with van der Waals surface area (Å²) >= 11 is 5.99. The van der Waals surface area contributed by atoms with Gasteiger partial charge in [0.15, 0.2) is 0 Å². The van der Waals surface area contributed by atoms with E-state index in [2.05, 4.69) is 15.5 Å². The number of piperazine rings is 1. The highest BCUT2D eigenvalue weighted by Gasteiger charge is 2.21. The Morgan fingerprint density at radius 1 is 1.00 bits per heavy atom. The molecular weight excluding hydrogens is 371 g/mol. The summed E-state index contributed by atoms with van der Waals surface area (Å²) in [6, 6.07) is 12.9. The molecule has 1 saturated heterocycles. The molecule has 0 atom stereocenters. The summed E-state index contributed by atoms with van der Waals surface area (Å²) < 4.78 is 13.0. The lowest BCUT2D eigenvalue weighted by molar-refractivity contribution is -0.115. The van der Waals surface area contributed by atoms with Crippen molar-refractivity contribution in [3.8, 4) is 0 Å². The molecule has 0 aromatic heterocycles. The molecule has 1 heterocycles. The molecule has 3 rings (SSSR count). The molecule has 142 valence electrons. The van der Waals surface area contributed by atoms with E-state index >= 15 is 0 Å². The number of nitrogens with one attached hydrogen (secondary N) is 2. The predicted molar refractivity (Wildman–Crippen MR) is 104 cm³/mol. The number of benzene rings is 2. The molecule has 0 aliphatic carbocycles. The van der Waals surface area contributed by atoms with Crippen molar-refractivity contribution < 1.29 is 14.0 Å². The first-order valence-electron chi connectivity index (χ1n) is 8.60. The van der Waals surface area contributed by atoms with Gasteiger partial charge in [-0.1, -0.05) is 23.7 Å². The lowest BCUT2D eigenvalue weighted by Gasteiger charge is -2.36. The van der Waals surface area contributed by atoms with Crippen LogP contribution in [0.4, 0.5) is 20.6 Å². The highest BCUT2D eigenvalue weighted by atomic mass is 35.5. The molecule has 1 fully saturated rings. The van der Waals surface area contributed by atoms with Crippen molar-refractivity contribution in [2.45, 2.75) is 0 Å². The minimum atomic E-state index is -0.346. The summed E-state index contributed by atoms with van der Waals surface area (Å²) in [6.45, 7) is 2.20. The third-order valence-electron chi connectivity index (χ3n) is 4.31. The second kappa shape index (κ2) is 8.73. The normalized spacial score (nSPS) is 14.0. The first-order valence-corrected chi connectivity index (χ1v) is 8.98. The summed E-state index contributed by atoms with van der Waals surface area (Å²) in [5.74, 6) is -0.617. The van der Waals surface area contributed by atoms with Crippen LogP contribution in [0.15, 0.2) is 48.5 Å². The van der Waals surface area contributed by atoms with Gasteiger partial charge in [0.25, 0.3) is 0 Å². The lowest BCUT2D eigenvalue weighted by Crippen LogP contribution is -2.52. The summed E-state index contributed by atoms with van der Waals surface area (Å²) in [5.41, 5.74) is 1.43. The molecule has 0 saturated carbocycles. The van der Waals surface area contributed by atoms with Gasteiger partial charge in [0.2, 0.25) is 5.91 Å². The number of amides is 3. The second-order valence-corrected chi connectivity index (χ2v) is 6.54. The van der Waals surface area contributed by atoms with Crippen molar-refractivity contribution in [2.24, 2.45) is 0 Å². The van der Waals surface area contributed by atoms with Gasteiger partial charge in [-0.25, -0.2) is 9.18 Å². The molecule has 1 aliphatic heterocycles. The molecule has 2 N–H and O–H groups in total. The molecule has 3 amide bonds. The van der Waals surface area contributed by atoms with E-state index in [0.717, 1.165) is 5.69 Å². The first kappa shape index (κ1) is 19.0. The Hall–Kier alpha value is -2.80. The topological polar surface area (TPSA) is 64.7 Å². The third-order valence-corrected chi connectivity index (χ3v) is 4.64. The summed E-state index contributed by atoms with van der Waals surface area (Å²) in [6.07, 6.45) is 0. The largest absolute Gasteiger partial charge is 0.368 e. The molecule has 6 nitrogen and oxygen atoms in total. The van der Waals surface area contributed by atoms with Crippen molar-refractivity contribution in [1.82, 2.24) is 10.2 Å². The van der Waals surface area contributed by atoms with Crippen LogP contribution in [0.3, 0.4) is 0 Å². The van der Waals surface area contributed by atoms with Crippen LogP contribution in [-0.4, -0.2) is 49.6 Å². The maximum absolute atomic E-state index is 13.0. The quantitative estimate of drug-likeness (QED) is 0.843. The maximum atomic E-state index is 13.0. The first-order chi connectivity index (χ1) is 13.0. The predicted octanol–water partition coefficient (Wildman–Crippen LogP) is 2.95. The number of nitrogens with zero attached hydrogens (tertiary/aromatic N) is 2. The zero-order valence-corrected chi connectivity index (χ0v) is 15.4.